The van der Waals surface area contributed by atoms with E-state index in [-0.39, 0.29) is 0 Å². The van der Waals surface area contributed by atoms with Gasteiger partial charge in [0.25, 0.3) is 0 Å². The molecule has 0 atom stereocenters. The molecule has 0 saturated carbocycles. The zero-order chi connectivity index (χ0) is 20.2. The Kier molecular flexibility index (Phi) is 5.67. The fourth-order valence-electron chi connectivity index (χ4n) is 3.24. The van der Waals surface area contributed by atoms with Gasteiger partial charge in [0.15, 0.2) is 11.0 Å². The van der Waals surface area contributed by atoms with E-state index in [4.69, 9.17) is 4.74 Å². The zero-order valence-electron chi connectivity index (χ0n) is 16.8. The summed E-state index contributed by atoms with van der Waals surface area (Å²) in [5, 5.41) is 9.97. The van der Waals surface area contributed by atoms with Crippen molar-refractivity contribution in [3.63, 3.8) is 0 Å². The molecule has 0 aliphatic rings. The first kappa shape index (κ1) is 19.3. The summed E-state index contributed by atoms with van der Waals surface area (Å²) in [5.41, 5.74) is 5.87. The predicted octanol–water partition coefficient (Wildman–Crippen LogP) is 5.85. The molecule has 3 aromatic carbocycles. The molecule has 0 unspecified atom stereocenters. The molecule has 146 valence electrons. The van der Waals surface area contributed by atoms with Gasteiger partial charge >= 0.3 is 0 Å². The zero-order valence-corrected chi connectivity index (χ0v) is 17.6. The normalized spacial score (nSPS) is 10.9. The van der Waals surface area contributed by atoms with Crippen LogP contribution in [0, 0.1) is 13.8 Å². The van der Waals surface area contributed by atoms with Gasteiger partial charge in [-0.25, -0.2) is 0 Å². The molecular weight excluding hydrogens is 378 g/mol. The summed E-state index contributed by atoms with van der Waals surface area (Å²) in [5.74, 6) is 2.50. The van der Waals surface area contributed by atoms with Crippen LogP contribution in [0.1, 0.15) is 16.7 Å². The number of nitrogens with zero attached hydrogens (tertiary/aromatic N) is 3. The van der Waals surface area contributed by atoms with Crippen LogP contribution in [0.3, 0.4) is 0 Å². The van der Waals surface area contributed by atoms with Crippen LogP contribution in [-0.2, 0) is 5.75 Å². The summed E-state index contributed by atoms with van der Waals surface area (Å²) in [6.07, 6.45) is 0. The van der Waals surface area contributed by atoms with E-state index in [1.54, 1.807) is 18.9 Å². The molecule has 0 aliphatic carbocycles. The van der Waals surface area contributed by atoms with Crippen LogP contribution in [0.25, 0.3) is 17.1 Å². The minimum atomic E-state index is 0.824. The molecule has 0 bridgehead atoms. The van der Waals surface area contributed by atoms with Crippen LogP contribution in [0.2, 0.25) is 0 Å². The predicted molar refractivity (Wildman–Crippen MR) is 119 cm³/mol. The van der Waals surface area contributed by atoms with Crippen LogP contribution < -0.4 is 4.74 Å². The molecule has 4 nitrogen and oxygen atoms in total. The molecule has 0 N–H and O–H groups in total. The number of hydrogen-bond donors (Lipinski definition) is 0. The van der Waals surface area contributed by atoms with Crippen molar-refractivity contribution in [2.24, 2.45) is 0 Å². The molecule has 4 aromatic rings. The van der Waals surface area contributed by atoms with Crippen LogP contribution in [0.5, 0.6) is 5.75 Å². The first-order valence-corrected chi connectivity index (χ1v) is 10.5. The van der Waals surface area contributed by atoms with E-state index in [1.165, 1.54) is 16.7 Å². The molecule has 4 rings (SSSR count). The molecule has 1 heterocycles. The van der Waals surface area contributed by atoms with Gasteiger partial charge in [-0.2, -0.15) is 0 Å². The fourth-order valence-corrected chi connectivity index (χ4v) is 4.26. The summed E-state index contributed by atoms with van der Waals surface area (Å²) in [6, 6.07) is 24.7. The quantitative estimate of drug-likeness (QED) is 0.380. The number of aromatic nitrogens is 3. The Morgan fingerprint density at radius 2 is 1.52 bits per heavy atom. The van der Waals surface area contributed by atoms with Crippen molar-refractivity contribution < 1.29 is 4.74 Å². The van der Waals surface area contributed by atoms with E-state index < -0.39 is 0 Å². The highest BCUT2D eigenvalue weighted by atomic mass is 32.2. The first-order chi connectivity index (χ1) is 14.2. The molecular formula is C24H23N3OS. The number of benzene rings is 3. The topological polar surface area (TPSA) is 39.9 Å². The fraction of sp³-hybridized carbons (Fsp3) is 0.167. The molecule has 0 aliphatic heterocycles. The molecule has 29 heavy (non-hydrogen) atoms. The third-order valence-electron chi connectivity index (χ3n) is 4.96. The van der Waals surface area contributed by atoms with E-state index in [1.807, 2.05) is 24.3 Å². The van der Waals surface area contributed by atoms with E-state index in [2.05, 4.69) is 77.1 Å². The Morgan fingerprint density at radius 3 is 2.21 bits per heavy atom. The lowest BCUT2D eigenvalue weighted by Crippen LogP contribution is -2.02. The molecule has 0 fully saturated rings. The van der Waals surface area contributed by atoms with Gasteiger partial charge in [-0.3, -0.25) is 4.57 Å². The van der Waals surface area contributed by atoms with Gasteiger partial charge in [0.2, 0.25) is 0 Å². The van der Waals surface area contributed by atoms with Crippen molar-refractivity contribution in [2.75, 3.05) is 7.11 Å². The lowest BCUT2D eigenvalue weighted by Gasteiger charge is -2.13. The van der Waals surface area contributed by atoms with Crippen molar-refractivity contribution in [3.05, 3.63) is 89.5 Å². The van der Waals surface area contributed by atoms with Gasteiger partial charge < -0.3 is 4.74 Å². The van der Waals surface area contributed by atoms with E-state index in [0.29, 0.717) is 0 Å². The van der Waals surface area contributed by atoms with Crippen LogP contribution in [0.4, 0.5) is 0 Å². The molecule has 0 amide bonds. The number of ether oxygens (including phenoxy) is 1. The van der Waals surface area contributed by atoms with Gasteiger partial charge in [0, 0.05) is 11.3 Å². The van der Waals surface area contributed by atoms with Crippen LogP contribution >= 0.6 is 11.8 Å². The molecule has 0 saturated heterocycles. The molecule has 1 aromatic heterocycles. The lowest BCUT2D eigenvalue weighted by atomic mass is 10.1. The Hall–Kier alpha value is -3.05. The Bertz CT molecular complexity index is 1120. The first-order valence-electron chi connectivity index (χ1n) is 9.50. The minimum Gasteiger partial charge on any atom is -0.497 e. The maximum atomic E-state index is 5.30. The van der Waals surface area contributed by atoms with Crippen molar-refractivity contribution in [2.45, 2.75) is 24.8 Å². The summed E-state index contributed by atoms with van der Waals surface area (Å²) in [4.78, 5) is 0. The third kappa shape index (κ3) is 4.05. The van der Waals surface area contributed by atoms with Gasteiger partial charge in [-0.1, -0.05) is 54.2 Å². The SMILES string of the molecule is COc1ccc(-c2nnc(SCc3ccccc3C)n2-c2ccccc2C)cc1. The average Bonchev–Trinajstić information content (AvgIpc) is 3.17. The van der Waals surface area contributed by atoms with Gasteiger partial charge in [-0.05, 0) is 60.9 Å². The largest absolute Gasteiger partial charge is 0.497 e. The lowest BCUT2D eigenvalue weighted by molar-refractivity contribution is 0.415. The Labute approximate surface area is 175 Å². The van der Waals surface area contributed by atoms with E-state index >= 15 is 0 Å². The summed E-state index contributed by atoms with van der Waals surface area (Å²) in [7, 11) is 1.67. The highest BCUT2D eigenvalue weighted by Gasteiger charge is 2.17. The highest BCUT2D eigenvalue weighted by Crippen LogP contribution is 2.32. The van der Waals surface area contributed by atoms with Gasteiger partial charge in [0.05, 0.1) is 12.8 Å². The van der Waals surface area contributed by atoms with Crippen molar-refractivity contribution in [1.29, 1.82) is 0 Å². The summed E-state index contributed by atoms with van der Waals surface area (Å²) in [6.45, 7) is 4.26. The number of thioether (sulfide) groups is 1. The maximum Gasteiger partial charge on any atom is 0.196 e. The average molecular weight is 402 g/mol. The second-order valence-electron chi connectivity index (χ2n) is 6.87. The third-order valence-corrected chi connectivity index (χ3v) is 5.93. The molecule has 0 spiro atoms. The maximum absolute atomic E-state index is 5.30. The monoisotopic (exact) mass is 401 g/mol. The van der Waals surface area contributed by atoms with Crippen molar-refractivity contribution in [3.8, 4) is 22.8 Å². The number of para-hydroxylation sites is 1. The van der Waals surface area contributed by atoms with Crippen molar-refractivity contribution in [1.82, 2.24) is 14.8 Å². The van der Waals surface area contributed by atoms with Crippen LogP contribution in [-0.4, -0.2) is 21.9 Å². The second-order valence-corrected chi connectivity index (χ2v) is 7.81. The molecule has 5 heteroatoms. The van der Waals surface area contributed by atoms with Crippen molar-refractivity contribution >= 4 is 11.8 Å². The van der Waals surface area contributed by atoms with Gasteiger partial charge in [-0.15, -0.1) is 10.2 Å². The number of rotatable bonds is 6. The minimum absolute atomic E-state index is 0.824. The Morgan fingerprint density at radius 1 is 0.828 bits per heavy atom. The number of aryl methyl sites for hydroxylation is 2. The molecule has 0 radical (unpaired) electrons. The number of methoxy groups -OCH3 is 1. The van der Waals surface area contributed by atoms with E-state index in [0.717, 1.165) is 33.7 Å². The smallest absolute Gasteiger partial charge is 0.196 e. The standard InChI is InChI=1S/C24H23N3OS/c1-17-8-4-6-10-20(17)16-29-24-26-25-23(19-12-14-21(28-3)15-13-19)27(24)22-11-7-5-9-18(22)2/h4-15H,16H2,1-3H3. The summed E-state index contributed by atoms with van der Waals surface area (Å²) < 4.78 is 7.45. The van der Waals surface area contributed by atoms with E-state index in [9.17, 15) is 0 Å². The highest BCUT2D eigenvalue weighted by molar-refractivity contribution is 7.98. The van der Waals surface area contributed by atoms with Gasteiger partial charge in [0.1, 0.15) is 5.75 Å². The second kappa shape index (κ2) is 8.53. The van der Waals surface area contributed by atoms with Crippen LogP contribution in [0.15, 0.2) is 78.0 Å². The summed E-state index contributed by atoms with van der Waals surface area (Å²) >= 11 is 1.71. The Balaban J connectivity index is 1.76. The number of hydrogen-bond acceptors (Lipinski definition) is 4.